The maximum atomic E-state index is 13.6. The van der Waals surface area contributed by atoms with Crippen LogP contribution in [0.1, 0.15) is 80.5 Å². The summed E-state index contributed by atoms with van der Waals surface area (Å²) in [6.07, 6.45) is 6.05. The van der Waals surface area contributed by atoms with Crippen LogP contribution in [-0.2, 0) is 9.47 Å². The average Bonchev–Trinajstić information content (AvgIpc) is 3.17. The molecule has 4 nitrogen and oxygen atoms in total. The minimum Gasteiger partial charge on any atom is -0.451 e. The molecule has 4 fully saturated rings. The van der Waals surface area contributed by atoms with Gasteiger partial charge in [0.25, 0.3) is 0 Å². The van der Waals surface area contributed by atoms with Crippen molar-refractivity contribution < 1.29 is 19.1 Å². The van der Waals surface area contributed by atoms with Crippen LogP contribution in [0.4, 0.5) is 0 Å². The van der Waals surface area contributed by atoms with Crippen LogP contribution in [0.15, 0.2) is 60.7 Å². The molecule has 0 amide bonds. The van der Waals surface area contributed by atoms with E-state index in [1.807, 2.05) is 43.3 Å². The van der Waals surface area contributed by atoms with Crippen molar-refractivity contribution in [3.63, 3.8) is 0 Å². The van der Waals surface area contributed by atoms with Gasteiger partial charge in [-0.1, -0.05) is 56.7 Å². The Kier molecular flexibility index (Phi) is 4.85. The van der Waals surface area contributed by atoms with E-state index >= 15 is 0 Å². The highest BCUT2D eigenvalue weighted by molar-refractivity contribution is 5.91. The summed E-state index contributed by atoms with van der Waals surface area (Å²) in [4.78, 5) is 27.0. The van der Waals surface area contributed by atoms with E-state index in [1.54, 1.807) is 24.3 Å². The Balaban J connectivity index is 1.44. The van der Waals surface area contributed by atoms with E-state index in [1.165, 1.54) is 25.7 Å². The second-order valence-electron chi connectivity index (χ2n) is 12.3. The van der Waals surface area contributed by atoms with E-state index in [4.69, 9.17) is 9.47 Å². The number of ether oxygens (including phenoxy) is 2. The molecule has 2 aromatic rings. The number of benzene rings is 2. The zero-order valence-corrected chi connectivity index (χ0v) is 21.3. The van der Waals surface area contributed by atoms with Gasteiger partial charge in [0, 0.05) is 10.8 Å². The van der Waals surface area contributed by atoms with Gasteiger partial charge in [0.05, 0.1) is 11.1 Å². The summed E-state index contributed by atoms with van der Waals surface area (Å²) in [7, 11) is 0. The Hall–Kier alpha value is -2.62. The van der Waals surface area contributed by atoms with Gasteiger partial charge in [-0.05, 0) is 87.5 Å². The second-order valence-corrected chi connectivity index (χ2v) is 12.3. The molecule has 0 heterocycles. The largest absolute Gasteiger partial charge is 0.451 e. The topological polar surface area (TPSA) is 52.6 Å². The fourth-order valence-corrected chi connectivity index (χ4v) is 8.81. The van der Waals surface area contributed by atoms with Gasteiger partial charge >= 0.3 is 11.9 Å². The Morgan fingerprint density at radius 3 is 1.77 bits per heavy atom. The normalized spacial score (nSPS) is 43.0. The van der Waals surface area contributed by atoms with Crippen LogP contribution < -0.4 is 0 Å². The number of carbonyl (C=O) groups excluding carboxylic acids is 2. The van der Waals surface area contributed by atoms with E-state index in [2.05, 4.69) is 20.8 Å². The molecule has 0 saturated heterocycles. The predicted molar refractivity (Wildman–Crippen MR) is 134 cm³/mol. The Labute approximate surface area is 208 Å². The molecule has 0 N–H and O–H groups in total. The van der Waals surface area contributed by atoms with Crippen LogP contribution >= 0.6 is 0 Å². The number of esters is 2. The van der Waals surface area contributed by atoms with Gasteiger partial charge in [0.15, 0.2) is 11.2 Å². The Morgan fingerprint density at radius 1 is 0.743 bits per heavy atom. The van der Waals surface area contributed by atoms with Crippen LogP contribution in [0.25, 0.3) is 0 Å². The zero-order valence-electron chi connectivity index (χ0n) is 21.3. The summed E-state index contributed by atoms with van der Waals surface area (Å²) < 4.78 is 13.1. The van der Waals surface area contributed by atoms with Gasteiger partial charge in [-0.15, -0.1) is 0 Å². The second kappa shape index (κ2) is 7.44. The molecule has 35 heavy (non-hydrogen) atoms. The maximum Gasteiger partial charge on any atom is 0.338 e. The number of carbonyl (C=O) groups is 2. The molecule has 2 bridgehead atoms. The lowest BCUT2D eigenvalue weighted by atomic mass is 9.57. The third kappa shape index (κ3) is 2.92. The van der Waals surface area contributed by atoms with E-state index in [0.29, 0.717) is 28.9 Å². The fourth-order valence-electron chi connectivity index (χ4n) is 8.81. The Morgan fingerprint density at radius 2 is 1.29 bits per heavy atom. The molecule has 6 rings (SSSR count). The summed E-state index contributed by atoms with van der Waals surface area (Å²) in [5, 5.41) is 0. The molecular weight excluding hydrogens is 436 g/mol. The lowest BCUT2D eigenvalue weighted by molar-refractivity contribution is -0.206. The van der Waals surface area contributed by atoms with Crippen molar-refractivity contribution in [2.45, 2.75) is 71.0 Å². The van der Waals surface area contributed by atoms with E-state index in [0.717, 1.165) is 12.3 Å². The van der Waals surface area contributed by atoms with Crippen LogP contribution in [0, 0.1) is 34.5 Å². The molecular formula is C31H36O4. The molecule has 184 valence electrons. The SMILES string of the molecule is CC12CC1C(C)(C1CC3CCC1C3)C(C)(OC(=O)c1ccccc1)C2(C)OC(=O)c1ccccc1. The molecule has 0 aliphatic heterocycles. The highest BCUT2D eigenvalue weighted by Crippen LogP contribution is 2.83. The molecule has 8 atom stereocenters. The van der Waals surface area contributed by atoms with E-state index < -0.39 is 11.2 Å². The number of rotatable bonds is 5. The minimum absolute atomic E-state index is 0.236. The lowest BCUT2D eigenvalue weighted by Crippen LogP contribution is -2.64. The first-order valence-corrected chi connectivity index (χ1v) is 13.2. The Bertz CT molecular complexity index is 1160. The molecule has 0 aromatic heterocycles. The number of hydrogen-bond acceptors (Lipinski definition) is 4. The number of fused-ring (bicyclic) bond motifs is 3. The summed E-state index contributed by atoms with van der Waals surface area (Å²) in [6, 6.07) is 18.4. The zero-order chi connectivity index (χ0) is 24.6. The van der Waals surface area contributed by atoms with Gasteiger partial charge in [-0.3, -0.25) is 0 Å². The van der Waals surface area contributed by atoms with Gasteiger partial charge in [-0.25, -0.2) is 9.59 Å². The van der Waals surface area contributed by atoms with Crippen LogP contribution in [0.5, 0.6) is 0 Å². The van der Waals surface area contributed by atoms with Crippen molar-refractivity contribution in [1.29, 1.82) is 0 Å². The third-order valence-electron chi connectivity index (χ3n) is 11.1. The van der Waals surface area contributed by atoms with Gasteiger partial charge in [0.1, 0.15) is 0 Å². The lowest BCUT2D eigenvalue weighted by Gasteiger charge is -2.54. The van der Waals surface area contributed by atoms with Crippen LogP contribution in [0.2, 0.25) is 0 Å². The molecule has 2 aromatic carbocycles. The highest BCUT2D eigenvalue weighted by atomic mass is 16.6. The first-order chi connectivity index (χ1) is 16.6. The fraction of sp³-hybridized carbons (Fsp3) is 0.548. The summed E-state index contributed by atoms with van der Waals surface area (Å²) in [6.45, 7) is 8.68. The minimum atomic E-state index is -0.954. The van der Waals surface area contributed by atoms with E-state index in [9.17, 15) is 9.59 Å². The molecule has 8 unspecified atom stereocenters. The molecule has 4 heteroatoms. The molecule has 0 spiro atoms. The average molecular weight is 473 g/mol. The predicted octanol–water partition coefficient (Wildman–Crippen LogP) is 6.70. The van der Waals surface area contributed by atoms with Crippen molar-refractivity contribution in [2.75, 3.05) is 0 Å². The van der Waals surface area contributed by atoms with Crippen molar-refractivity contribution in [2.24, 2.45) is 34.5 Å². The van der Waals surface area contributed by atoms with E-state index in [-0.39, 0.29) is 22.8 Å². The van der Waals surface area contributed by atoms with Crippen LogP contribution in [-0.4, -0.2) is 23.1 Å². The van der Waals surface area contributed by atoms with Crippen molar-refractivity contribution >= 4 is 11.9 Å². The third-order valence-corrected chi connectivity index (χ3v) is 11.1. The van der Waals surface area contributed by atoms with Gasteiger partial charge in [-0.2, -0.15) is 0 Å². The van der Waals surface area contributed by atoms with Gasteiger partial charge in [0.2, 0.25) is 0 Å². The first kappa shape index (κ1) is 22.8. The molecule has 4 saturated carbocycles. The molecule has 4 aliphatic rings. The smallest absolute Gasteiger partial charge is 0.338 e. The first-order valence-electron chi connectivity index (χ1n) is 13.2. The maximum absolute atomic E-state index is 13.6. The summed E-state index contributed by atoms with van der Waals surface area (Å²) in [5.74, 6) is 1.57. The van der Waals surface area contributed by atoms with Crippen molar-refractivity contribution in [3.05, 3.63) is 71.8 Å². The monoisotopic (exact) mass is 472 g/mol. The summed E-state index contributed by atoms with van der Waals surface area (Å²) in [5.41, 5.74) is -1.34. The van der Waals surface area contributed by atoms with Crippen molar-refractivity contribution in [1.82, 2.24) is 0 Å². The molecule has 0 radical (unpaired) electrons. The standard InChI is InChI=1S/C31H36O4/c1-28-19-25(28)29(2,24-18-20-15-16-23(24)17-20)31(4,35-27(33)22-13-9-6-10-14-22)30(28,3)34-26(32)21-11-7-5-8-12-21/h5-14,20,23-25H,15-19H2,1-4H3. The molecule has 4 aliphatic carbocycles. The van der Waals surface area contributed by atoms with Gasteiger partial charge < -0.3 is 9.47 Å². The number of hydrogen-bond donors (Lipinski definition) is 0. The van der Waals surface area contributed by atoms with Crippen molar-refractivity contribution in [3.8, 4) is 0 Å². The summed E-state index contributed by atoms with van der Waals surface area (Å²) >= 11 is 0. The quantitative estimate of drug-likeness (QED) is 0.454. The van der Waals surface area contributed by atoms with Crippen LogP contribution in [0.3, 0.4) is 0 Å². The highest BCUT2D eigenvalue weighted by Gasteiger charge is 2.88.